The Kier molecular flexibility index (Phi) is 4.76. The predicted molar refractivity (Wildman–Crippen MR) is 106 cm³/mol. The number of halogens is 1. The number of thiazole rings is 1. The average Bonchev–Trinajstić information content (AvgIpc) is 3.35. The Morgan fingerprint density at radius 1 is 1.27 bits per heavy atom. The van der Waals surface area contributed by atoms with E-state index < -0.39 is 0 Å². The molecule has 0 unspecified atom stereocenters. The van der Waals surface area contributed by atoms with Crippen LogP contribution < -0.4 is 5.32 Å². The third-order valence-corrected chi connectivity index (χ3v) is 6.31. The standard InChI is InChI=1S/C18H15ClN4OS2/c1-11-14(8-9-20-17(24)15-3-2-10-25-15)26-18-21-16(22-23(11)18)12-4-6-13(19)7-5-12/h2-7,10H,8-9H2,1H3,(H,20,24). The third kappa shape index (κ3) is 3.38. The van der Waals surface area contributed by atoms with E-state index >= 15 is 0 Å². The molecule has 0 aliphatic heterocycles. The molecule has 0 aliphatic carbocycles. The van der Waals surface area contributed by atoms with Crippen molar-refractivity contribution in [3.8, 4) is 11.4 Å². The first-order valence-electron chi connectivity index (χ1n) is 8.04. The molecule has 0 saturated heterocycles. The fraction of sp³-hybridized carbons (Fsp3) is 0.167. The molecule has 1 N–H and O–H groups in total. The predicted octanol–water partition coefficient (Wildman–Crippen LogP) is 4.45. The second-order valence-electron chi connectivity index (χ2n) is 5.73. The number of hydrogen-bond donors (Lipinski definition) is 1. The monoisotopic (exact) mass is 402 g/mol. The van der Waals surface area contributed by atoms with Crippen molar-refractivity contribution < 1.29 is 4.79 Å². The molecule has 0 bridgehead atoms. The molecule has 0 fully saturated rings. The molecule has 1 amide bonds. The molecule has 3 heterocycles. The number of benzene rings is 1. The summed E-state index contributed by atoms with van der Waals surface area (Å²) in [5.41, 5.74) is 2.00. The number of rotatable bonds is 5. The number of fused-ring (bicyclic) bond motifs is 1. The Morgan fingerprint density at radius 3 is 2.77 bits per heavy atom. The lowest BCUT2D eigenvalue weighted by atomic mass is 10.2. The van der Waals surface area contributed by atoms with Crippen LogP contribution in [-0.4, -0.2) is 27.0 Å². The van der Waals surface area contributed by atoms with Gasteiger partial charge in [0.25, 0.3) is 5.91 Å². The first kappa shape index (κ1) is 17.2. The zero-order chi connectivity index (χ0) is 18.1. The van der Waals surface area contributed by atoms with Gasteiger partial charge >= 0.3 is 0 Å². The molecule has 0 atom stereocenters. The molecule has 5 nitrogen and oxygen atoms in total. The van der Waals surface area contributed by atoms with Crippen LogP contribution in [0.5, 0.6) is 0 Å². The van der Waals surface area contributed by atoms with Crippen molar-refractivity contribution in [3.63, 3.8) is 0 Å². The van der Waals surface area contributed by atoms with Gasteiger partial charge in [0.05, 0.1) is 10.6 Å². The Labute approximate surface area is 163 Å². The zero-order valence-electron chi connectivity index (χ0n) is 13.9. The molecular weight excluding hydrogens is 388 g/mol. The minimum absolute atomic E-state index is 0.0258. The summed E-state index contributed by atoms with van der Waals surface area (Å²) >= 11 is 8.98. The van der Waals surface area contributed by atoms with Gasteiger partial charge in [-0.2, -0.15) is 4.98 Å². The van der Waals surface area contributed by atoms with Crippen molar-refractivity contribution in [2.24, 2.45) is 0 Å². The van der Waals surface area contributed by atoms with Crippen LogP contribution in [0.3, 0.4) is 0 Å². The molecule has 0 aliphatic rings. The number of carbonyl (C=O) groups is 1. The van der Waals surface area contributed by atoms with E-state index in [0.29, 0.717) is 17.4 Å². The normalized spacial score (nSPS) is 11.2. The molecule has 0 radical (unpaired) electrons. The molecule has 3 aromatic heterocycles. The fourth-order valence-corrected chi connectivity index (χ4v) is 4.44. The summed E-state index contributed by atoms with van der Waals surface area (Å²) in [7, 11) is 0. The molecule has 4 aromatic rings. The van der Waals surface area contributed by atoms with Gasteiger partial charge in [-0.05, 0) is 42.6 Å². The maximum atomic E-state index is 12.0. The van der Waals surface area contributed by atoms with E-state index in [1.54, 1.807) is 11.3 Å². The molecule has 26 heavy (non-hydrogen) atoms. The van der Waals surface area contributed by atoms with Gasteiger partial charge in [-0.15, -0.1) is 16.4 Å². The summed E-state index contributed by atoms with van der Waals surface area (Å²) in [5.74, 6) is 0.663. The van der Waals surface area contributed by atoms with Gasteiger partial charge in [0.15, 0.2) is 5.82 Å². The van der Waals surface area contributed by atoms with Crippen LogP contribution in [0, 0.1) is 6.92 Å². The molecule has 8 heteroatoms. The lowest BCUT2D eigenvalue weighted by molar-refractivity contribution is 0.0958. The summed E-state index contributed by atoms with van der Waals surface area (Å²) in [4.78, 5) is 19.4. The maximum absolute atomic E-state index is 12.0. The van der Waals surface area contributed by atoms with Crippen molar-refractivity contribution in [3.05, 3.63) is 62.2 Å². The largest absolute Gasteiger partial charge is 0.351 e. The quantitative estimate of drug-likeness (QED) is 0.536. The minimum Gasteiger partial charge on any atom is -0.351 e. The van der Waals surface area contributed by atoms with Crippen molar-refractivity contribution in [1.29, 1.82) is 0 Å². The number of nitrogens with zero attached hydrogens (tertiary/aromatic N) is 3. The first-order valence-corrected chi connectivity index (χ1v) is 10.1. The van der Waals surface area contributed by atoms with Gasteiger partial charge in [-0.1, -0.05) is 29.0 Å². The van der Waals surface area contributed by atoms with Crippen molar-refractivity contribution >= 4 is 45.1 Å². The summed E-state index contributed by atoms with van der Waals surface area (Å²) in [5, 5.41) is 10.2. The van der Waals surface area contributed by atoms with E-state index in [0.717, 1.165) is 27.5 Å². The number of carbonyl (C=O) groups excluding carboxylic acids is 1. The average molecular weight is 403 g/mol. The van der Waals surface area contributed by atoms with Crippen LogP contribution >= 0.6 is 34.3 Å². The zero-order valence-corrected chi connectivity index (χ0v) is 16.3. The Morgan fingerprint density at radius 2 is 2.08 bits per heavy atom. The van der Waals surface area contributed by atoms with Crippen LogP contribution in [0.4, 0.5) is 0 Å². The van der Waals surface area contributed by atoms with E-state index in [1.807, 2.05) is 53.2 Å². The third-order valence-electron chi connectivity index (χ3n) is 4.00. The first-order chi connectivity index (χ1) is 12.6. The van der Waals surface area contributed by atoms with Gasteiger partial charge in [0, 0.05) is 28.4 Å². The second kappa shape index (κ2) is 7.19. The van der Waals surface area contributed by atoms with Crippen LogP contribution in [-0.2, 0) is 6.42 Å². The van der Waals surface area contributed by atoms with E-state index in [9.17, 15) is 4.79 Å². The summed E-state index contributed by atoms with van der Waals surface area (Å²) < 4.78 is 1.87. The SMILES string of the molecule is Cc1c(CCNC(=O)c2cccs2)sc2nc(-c3ccc(Cl)cc3)nn12. The number of aromatic nitrogens is 3. The van der Waals surface area contributed by atoms with Gasteiger partial charge in [0.2, 0.25) is 4.96 Å². The minimum atomic E-state index is -0.0258. The highest BCUT2D eigenvalue weighted by molar-refractivity contribution is 7.17. The van der Waals surface area contributed by atoms with Gasteiger partial charge in [-0.25, -0.2) is 4.52 Å². The highest BCUT2D eigenvalue weighted by Gasteiger charge is 2.14. The van der Waals surface area contributed by atoms with E-state index in [4.69, 9.17) is 11.6 Å². The second-order valence-corrected chi connectivity index (χ2v) is 8.18. The van der Waals surface area contributed by atoms with Crippen LogP contribution in [0.25, 0.3) is 16.3 Å². The van der Waals surface area contributed by atoms with Crippen molar-refractivity contribution in [2.75, 3.05) is 6.54 Å². The molecule has 0 saturated carbocycles. The van der Waals surface area contributed by atoms with Gasteiger partial charge in [0.1, 0.15) is 0 Å². The van der Waals surface area contributed by atoms with Crippen LogP contribution in [0.15, 0.2) is 41.8 Å². The fourth-order valence-electron chi connectivity index (χ4n) is 2.62. The molecular formula is C18H15ClN4OS2. The summed E-state index contributed by atoms with van der Waals surface area (Å²) in [6, 6.07) is 11.2. The summed E-state index contributed by atoms with van der Waals surface area (Å²) in [6.07, 6.45) is 0.759. The summed E-state index contributed by atoms with van der Waals surface area (Å²) in [6.45, 7) is 2.62. The number of amides is 1. The number of nitrogens with one attached hydrogen (secondary N) is 1. The van der Waals surface area contributed by atoms with Crippen molar-refractivity contribution in [1.82, 2.24) is 19.9 Å². The Balaban J connectivity index is 1.47. The molecule has 1 aromatic carbocycles. The van der Waals surface area contributed by atoms with Crippen molar-refractivity contribution in [2.45, 2.75) is 13.3 Å². The highest BCUT2D eigenvalue weighted by atomic mass is 35.5. The van der Waals surface area contributed by atoms with E-state index in [2.05, 4.69) is 15.4 Å². The smallest absolute Gasteiger partial charge is 0.261 e. The molecule has 0 spiro atoms. The number of hydrogen-bond acceptors (Lipinski definition) is 5. The Hall–Kier alpha value is -2.22. The van der Waals surface area contributed by atoms with Gasteiger partial charge < -0.3 is 5.32 Å². The number of aryl methyl sites for hydroxylation is 1. The van der Waals surface area contributed by atoms with Crippen LogP contribution in [0.1, 0.15) is 20.2 Å². The lowest BCUT2D eigenvalue weighted by Crippen LogP contribution is -2.24. The molecule has 4 rings (SSSR count). The van der Waals surface area contributed by atoms with Crippen LogP contribution in [0.2, 0.25) is 5.02 Å². The topological polar surface area (TPSA) is 59.3 Å². The molecule has 132 valence electrons. The Bertz CT molecular complexity index is 1050. The number of thiophene rings is 1. The lowest BCUT2D eigenvalue weighted by Gasteiger charge is -2.03. The maximum Gasteiger partial charge on any atom is 0.261 e. The van der Waals surface area contributed by atoms with E-state index in [-0.39, 0.29) is 5.91 Å². The van der Waals surface area contributed by atoms with E-state index in [1.165, 1.54) is 16.2 Å². The highest BCUT2D eigenvalue weighted by Crippen LogP contribution is 2.25. The van der Waals surface area contributed by atoms with Gasteiger partial charge in [-0.3, -0.25) is 4.79 Å².